The number of benzene rings is 1. The van der Waals surface area contributed by atoms with Crippen molar-refractivity contribution in [3.8, 4) is 11.5 Å². The molecular weight excluding hydrogens is 312 g/mol. The lowest BCUT2D eigenvalue weighted by Crippen LogP contribution is -2.40. The first-order valence-corrected chi connectivity index (χ1v) is 8.71. The van der Waals surface area contributed by atoms with Crippen LogP contribution in [0.2, 0.25) is 0 Å². The number of anilines is 1. The van der Waals surface area contributed by atoms with Crippen molar-refractivity contribution in [2.45, 2.75) is 25.2 Å². The SMILES string of the molecule is Cc1cnc(NCC2(c3ccc4c(c3)OCO4)CCOCC2)s1. The Morgan fingerprint density at radius 3 is 2.83 bits per heavy atom. The third-order valence-electron chi connectivity index (χ3n) is 4.63. The molecule has 0 aliphatic carbocycles. The molecule has 0 unspecified atom stereocenters. The van der Waals surface area contributed by atoms with Crippen LogP contribution in [0, 0.1) is 6.92 Å². The van der Waals surface area contributed by atoms with Crippen LogP contribution in [0.25, 0.3) is 0 Å². The second kappa shape index (κ2) is 6.02. The van der Waals surface area contributed by atoms with Crippen LogP contribution in [0.1, 0.15) is 23.3 Å². The maximum absolute atomic E-state index is 5.60. The Balaban J connectivity index is 1.60. The van der Waals surface area contributed by atoms with Crippen molar-refractivity contribution in [2.24, 2.45) is 0 Å². The van der Waals surface area contributed by atoms with E-state index in [1.807, 2.05) is 12.3 Å². The summed E-state index contributed by atoms with van der Waals surface area (Å²) in [5, 5.41) is 4.50. The van der Waals surface area contributed by atoms with E-state index in [9.17, 15) is 0 Å². The van der Waals surface area contributed by atoms with E-state index in [2.05, 4.69) is 29.4 Å². The number of fused-ring (bicyclic) bond motifs is 1. The molecule has 2 aliphatic rings. The zero-order valence-corrected chi connectivity index (χ0v) is 13.9. The molecule has 6 heteroatoms. The highest BCUT2D eigenvalue weighted by molar-refractivity contribution is 7.15. The summed E-state index contributed by atoms with van der Waals surface area (Å²) in [6, 6.07) is 6.30. The molecule has 5 nitrogen and oxygen atoms in total. The van der Waals surface area contributed by atoms with Gasteiger partial charge in [0.15, 0.2) is 16.6 Å². The van der Waals surface area contributed by atoms with Crippen molar-refractivity contribution in [3.05, 3.63) is 34.8 Å². The Kier molecular flexibility index (Phi) is 3.87. The molecule has 1 fully saturated rings. The topological polar surface area (TPSA) is 52.6 Å². The molecular formula is C17H20N2O3S. The highest BCUT2D eigenvalue weighted by atomic mass is 32.1. The summed E-state index contributed by atoms with van der Waals surface area (Å²) >= 11 is 1.69. The van der Waals surface area contributed by atoms with Crippen LogP contribution < -0.4 is 14.8 Å². The van der Waals surface area contributed by atoms with Crippen LogP contribution >= 0.6 is 11.3 Å². The fourth-order valence-electron chi connectivity index (χ4n) is 3.24. The Bertz CT molecular complexity index is 695. The van der Waals surface area contributed by atoms with Crippen molar-refractivity contribution < 1.29 is 14.2 Å². The summed E-state index contributed by atoms with van der Waals surface area (Å²) in [4.78, 5) is 5.63. The molecule has 1 saturated heterocycles. The van der Waals surface area contributed by atoms with Gasteiger partial charge < -0.3 is 19.5 Å². The van der Waals surface area contributed by atoms with Gasteiger partial charge in [-0.1, -0.05) is 6.07 Å². The zero-order valence-electron chi connectivity index (χ0n) is 13.1. The standard InChI is InChI=1S/C17H20N2O3S/c1-12-9-18-16(23-12)19-10-17(4-6-20-7-5-17)13-2-3-14-15(8-13)22-11-21-14/h2-3,8-9H,4-7,10-11H2,1H3,(H,18,19). The molecule has 1 aromatic carbocycles. The first kappa shape index (κ1) is 14.8. The van der Waals surface area contributed by atoms with Gasteiger partial charge in [-0.05, 0) is 37.5 Å². The molecule has 0 amide bonds. The van der Waals surface area contributed by atoms with Gasteiger partial charge in [-0.3, -0.25) is 0 Å². The van der Waals surface area contributed by atoms with Gasteiger partial charge in [0.2, 0.25) is 6.79 Å². The normalized spacial score (nSPS) is 18.8. The van der Waals surface area contributed by atoms with E-state index in [-0.39, 0.29) is 5.41 Å². The van der Waals surface area contributed by atoms with Gasteiger partial charge in [-0.15, -0.1) is 11.3 Å². The summed E-state index contributed by atoms with van der Waals surface area (Å²) in [6.45, 7) is 4.80. The van der Waals surface area contributed by atoms with Crippen LogP contribution in [0.3, 0.4) is 0 Å². The highest BCUT2D eigenvalue weighted by Gasteiger charge is 2.35. The number of nitrogens with zero attached hydrogens (tertiary/aromatic N) is 1. The smallest absolute Gasteiger partial charge is 0.231 e. The number of nitrogens with one attached hydrogen (secondary N) is 1. The number of ether oxygens (including phenoxy) is 3. The minimum atomic E-state index is 0.0405. The summed E-state index contributed by atoms with van der Waals surface area (Å²) in [7, 11) is 0. The van der Waals surface area contributed by atoms with E-state index in [0.29, 0.717) is 6.79 Å². The lowest BCUT2D eigenvalue weighted by atomic mass is 9.74. The molecule has 0 atom stereocenters. The quantitative estimate of drug-likeness (QED) is 0.930. The predicted molar refractivity (Wildman–Crippen MR) is 89.6 cm³/mol. The Morgan fingerprint density at radius 1 is 1.22 bits per heavy atom. The van der Waals surface area contributed by atoms with Gasteiger partial charge in [-0.2, -0.15) is 0 Å². The van der Waals surface area contributed by atoms with E-state index < -0.39 is 0 Å². The summed E-state index contributed by atoms with van der Waals surface area (Å²) in [5.41, 5.74) is 1.32. The van der Waals surface area contributed by atoms with Crippen molar-refractivity contribution >= 4 is 16.5 Å². The lowest BCUT2D eigenvalue weighted by molar-refractivity contribution is 0.0543. The van der Waals surface area contributed by atoms with E-state index >= 15 is 0 Å². The number of aryl methyl sites for hydroxylation is 1. The summed E-state index contributed by atoms with van der Waals surface area (Å²) in [6.07, 6.45) is 3.89. The third-order valence-corrected chi connectivity index (χ3v) is 5.50. The maximum atomic E-state index is 5.60. The number of hydrogen-bond acceptors (Lipinski definition) is 6. The van der Waals surface area contributed by atoms with Gasteiger partial charge in [0.05, 0.1) is 0 Å². The zero-order chi connectivity index (χ0) is 15.7. The van der Waals surface area contributed by atoms with Crippen molar-refractivity contribution in [2.75, 3.05) is 31.9 Å². The Labute approximate surface area is 139 Å². The van der Waals surface area contributed by atoms with Crippen LogP contribution in [-0.4, -0.2) is 31.5 Å². The van der Waals surface area contributed by atoms with Crippen LogP contribution in [0.5, 0.6) is 11.5 Å². The minimum absolute atomic E-state index is 0.0405. The van der Waals surface area contributed by atoms with E-state index in [1.165, 1.54) is 10.4 Å². The molecule has 3 heterocycles. The van der Waals surface area contributed by atoms with Crippen LogP contribution in [-0.2, 0) is 10.2 Å². The third kappa shape index (κ3) is 2.88. The molecule has 0 radical (unpaired) electrons. The fraction of sp³-hybridized carbons (Fsp3) is 0.471. The van der Waals surface area contributed by atoms with Gasteiger partial charge >= 0.3 is 0 Å². The molecule has 2 aliphatic heterocycles. The van der Waals surface area contributed by atoms with Gasteiger partial charge in [0.1, 0.15) is 0 Å². The van der Waals surface area contributed by atoms with E-state index in [4.69, 9.17) is 14.2 Å². The predicted octanol–water partition coefficient (Wildman–Crippen LogP) is 3.34. The Morgan fingerprint density at radius 2 is 2.04 bits per heavy atom. The van der Waals surface area contributed by atoms with Crippen molar-refractivity contribution in [3.63, 3.8) is 0 Å². The maximum Gasteiger partial charge on any atom is 0.231 e. The first-order chi connectivity index (χ1) is 11.3. The van der Waals surface area contributed by atoms with Crippen molar-refractivity contribution in [1.29, 1.82) is 0 Å². The number of thiazole rings is 1. The van der Waals surface area contributed by atoms with E-state index in [1.54, 1.807) is 11.3 Å². The number of hydrogen-bond donors (Lipinski definition) is 1. The van der Waals surface area contributed by atoms with Gasteiger partial charge in [-0.25, -0.2) is 4.98 Å². The molecule has 1 N–H and O–H groups in total. The largest absolute Gasteiger partial charge is 0.454 e. The molecule has 4 rings (SSSR count). The van der Waals surface area contributed by atoms with Gasteiger partial charge in [0, 0.05) is 36.2 Å². The first-order valence-electron chi connectivity index (χ1n) is 7.89. The lowest BCUT2D eigenvalue weighted by Gasteiger charge is -2.38. The molecule has 1 aromatic heterocycles. The molecule has 0 spiro atoms. The monoisotopic (exact) mass is 332 g/mol. The summed E-state index contributed by atoms with van der Waals surface area (Å²) < 4.78 is 16.6. The average molecular weight is 332 g/mol. The second-order valence-corrected chi connectivity index (χ2v) is 7.33. The second-order valence-electron chi connectivity index (χ2n) is 6.09. The van der Waals surface area contributed by atoms with Gasteiger partial charge in [0.25, 0.3) is 0 Å². The van der Waals surface area contributed by atoms with Crippen LogP contribution in [0.15, 0.2) is 24.4 Å². The molecule has 0 saturated carbocycles. The minimum Gasteiger partial charge on any atom is -0.454 e. The average Bonchev–Trinajstić information content (AvgIpc) is 3.21. The van der Waals surface area contributed by atoms with Crippen molar-refractivity contribution in [1.82, 2.24) is 4.98 Å². The Hall–Kier alpha value is -1.79. The molecule has 2 aromatic rings. The molecule has 23 heavy (non-hydrogen) atoms. The number of aromatic nitrogens is 1. The molecule has 122 valence electrons. The van der Waals surface area contributed by atoms with Crippen LogP contribution in [0.4, 0.5) is 5.13 Å². The highest BCUT2D eigenvalue weighted by Crippen LogP contribution is 2.41. The fourth-order valence-corrected chi connectivity index (χ4v) is 3.90. The molecule has 0 bridgehead atoms. The van der Waals surface area contributed by atoms with E-state index in [0.717, 1.165) is 49.2 Å². The summed E-state index contributed by atoms with van der Waals surface area (Å²) in [5.74, 6) is 1.68. The number of rotatable bonds is 4.